The van der Waals surface area contributed by atoms with Crippen molar-refractivity contribution in [2.24, 2.45) is 0 Å². The Bertz CT molecular complexity index is 664. The Kier molecular flexibility index (Phi) is 8.94. The van der Waals surface area contributed by atoms with Crippen LogP contribution in [0.15, 0.2) is 22.7 Å². The highest BCUT2D eigenvalue weighted by Crippen LogP contribution is 2.26. The molecule has 2 amide bonds. The van der Waals surface area contributed by atoms with Gasteiger partial charge in [-0.05, 0) is 19.9 Å². The van der Waals surface area contributed by atoms with E-state index in [1.54, 1.807) is 21.0 Å². The molecule has 0 aliphatic carbocycles. The van der Waals surface area contributed by atoms with Gasteiger partial charge in [-0.1, -0.05) is 17.8 Å². The van der Waals surface area contributed by atoms with Gasteiger partial charge in [0.15, 0.2) is 0 Å². The zero-order valence-corrected chi connectivity index (χ0v) is 16.4. The molecule has 0 saturated carbocycles. The molecule has 1 rings (SSSR count). The third kappa shape index (κ3) is 6.57. The van der Waals surface area contributed by atoms with E-state index in [-0.39, 0.29) is 19.1 Å². The van der Waals surface area contributed by atoms with Gasteiger partial charge in [-0.3, -0.25) is 4.79 Å². The molecule has 0 fully saturated rings. The van der Waals surface area contributed by atoms with E-state index in [9.17, 15) is 14.7 Å². The molecular formula is C17H26N4O4S. The molecule has 0 aromatic carbocycles. The molecule has 3 N–H and O–H groups in total. The lowest BCUT2D eigenvalue weighted by Crippen LogP contribution is -2.23. The number of pyridine rings is 1. The third-order valence-corrected chi connectivity index (χ3v) is 4.66. The Hall–Kier alpha value is -2.26. The van der Waals surface area contributed by atoms with Gasteiger partial charge in [0.2, 0.25) is 6.41 Å². The lowest BCUT2D eigenvalue weighted by molar-refractivity contribution is -0.116. The van der Waals surface area contributed by atoms with Crippen LogP contribution in [0.5, 0.6) is 0 Å². The zero-order valence-electron chi connectivity index (χ0n) is 15.6. The van der Waals surface area contributed by atoms with Gasteiger partial charge in [-0.15, -0.1) is 0 Å². The number of aliphatic hydroxyl groups is 1. The SMILES string of the molecule is CC(=C(CCO)SCOC(=O)N(C)C)N(C=O)Cc1ccc(C)nc1N. The van der Waals surface area contributed by atoms with Crippen molar-refractivity contribution in [3.05, 3.63) is 34.0 Å². The third-order valence-electron chi connectivity index (χ3n) is 3.57. The lowest BCUT2D eigenvalue weighted by atomic mass is 10.2. The number of allylic oxidation sites excluding steroid dienone is 1. The first-order valence-electron chi connectivity index (χ1n) is 8.01. The smallest absolute Gasteiger partial charge is 0.410 e. The Labute approximate surface area is 158 Å². The molecule has 144 valence electrons. The van der Waals surface area contributed by atoms with E-state index < -0.39 is 6.09 Å². The average molecular weight is 382 g/mol. The fourth-order valence-electron chi connectivity index (χ4n) is 2.06. The summed E-state index contributed by atoms with van der Waals surface area (Å²) in [6, 6.07) is 3.66. The van der Waals surface area contributed by atoms with E-state index in [1.807, 2.05) is 19.1 Å². The van der Waals surface area contributed by atoms with E-state index in [2.05, 4.69) is 4.98 Å². The summed E-state index contributed by atoms with van der Waals surface area (Å²) in [6.45, 7) is 3.80. The number of ether oxygens (including phenoxy) is 1. The van der Waals surface area contributed by atoms with Crippen molar-refractivity contribution in [1.82, 2.24) is 14.8 Å². The van der Waals surface area contributed by atoms with Crippen LogP contribution in [0.1, 0.15) is 24.6 Å². The number of aliphatic hydroxyl groups excluding tert-OH is 1. The van der Waals surface area contributed by atoms with Crippen molar-refractivity contribution in [1.29, 1.82) is 0 Å². The van der Waals surface area contributed by atoms with Gasteiger partial charge in [0.1, 0.15) is 11.8 Å². The number of hydrogen-bond donors (Lipinski definition) is 2. The monoisotopic (exact) mass is 382 g/mol. The van der Waals surface area contributed by atoms with Gasteiger partial charge in [0.05, 0.1) is 6.54 Å². The molecule has 1 aromatic heterocycles. The molecule has 0 spiro atoms. The highest BCUT2D eigenvalue weighted by atomic mass is 32.2. The molecule has 0 unspecified atom stereocenters. The Morgan fingerprint density at radius 2 is 2.12 bits per heavy atom. The molecule has 1 heterocycles. The number of rotatable bonds is 9. The second-order valence-corrected chi connectivity index (χ2v) is 6.80. The summed E-state index contributed by atoms with van der Waals surface area (Å²) in [5.41, 5.74) is 8.12. The number of hydrogen-bond acceptors (Lipinski definition) is 7. The van der Waals surface area contributed by atoms with Crippen LogP contribution >= 0.6 is 11.8 Å². The second kappa shape index (κ2) is 10.7. The summed E-state index contributed by atoms with van der Waals surface area (Å²) in [7, 11) is 3.19. The highest BCUT2D eigenvalue weighted by Gasteiger charge is 2.14. The number of aromatic nitrogens is 1. The Balaban J connectivity index is 2.90. The summed E-state index contributed by atoms with van der Waals surface area (Å²) in [5, 5.41) is 9.30. The molecule has 0 atom stereocenters. The number of aryl methyl sites for hydroxylation is 1. The first-order chi connectivity index (χ1) is 12.3. The van der Waals surface area contributed by atoms with Crippen LogP contribution in [0.4, 0.5) is 10.6 Å². The van der Waals surface area contributed by atoms with Crippen LogP contribution in [-0.2, 0) is 16.1 Å². The van der Waals surface area contributed by atoms with Gasteiger partial charge in [0.25, 0.3) is 0 Å². The summed E-state index contributed by atoms with van der Waals surface area (Å²) in [4.78, 5) is 30.8. The van der Waals surface area contributed by atoms with Crippen molar-refractivity contribution in [3.63, 3.8) is 0 Å². The van der Waals surface area contributed by atoms with Crippen molar-refractivity contribution >= 4 is 30.1 Å². The molecule has 0 radical (unpaired) electrons. The largest absolute Gasteiger partial charge is 0.438 e. The van der Waals surface area contributed by atoms with Crippen LogP contribution in [0.3, 0.4) is 0 Å². The maximum Gasteiger partial charge on any atom is 0.410 e. The van der Waals surface area contributed by atoms with Gasteiger partial charge in [-0.25, -0.2) is 9.78 Å². The number of nitrogens with two attached hydrogens (primary N) is 1. The number of anilines is 1. The zero-order chi connectivity index (χ0) is 19.7. The maximum atomic E-state index is 11.6. The summed E-state index contributed by atoms with van der Waals surface area (Å²) in [6.07, 6.45) is 0.602. The molecular weight excluding hydrogens is 356 g/mol. The van der Waals surface area contributed by atoms with E-state index in [4.69, 9.17) is 10.5 Å². The number of carbonyl (C=O) groups is 2. The lowest BCUT2D eigenvalue weighted by Gasteiger charge is -2.22. The minimum absolute atomic E-state index is 0.0811. The first-order valence-corrected chi connectivity index (χ1v) is 9.00. The van der Waals surface area contributed by atoms with Gasteiger partial charge < -0.3 is 25.4 Å². The molecule has 8 nitrogen and oxygen atoms in total. The van der Waals surface area contributed by atoms with E-state index >= 15 is 0 Å². The molecule has 0 saturated heterocycles. The van der Waals surface area contributed by atoms with Crippen molar-refractivity contribution in [2.45, 2.75) is 26.8 Å². The van der Waals surface area contributed by atoms with E-state index in [0.717, 1.165) is 16.2 Å². The first kappa shape index (κ1) is 21.8. The molecule has 0 bridgehead atoms. The molecule has 0 aliphatic heterocycles. The number of amides is 2. The van der Waals surface area contributed by atoms with Crippen molar-refractivity contribution < 1.29 is 19.4 Å². The molecule has 1 aromatic rings. The molecule has 0 aliphatic rings. The van der Waals surface area contributed by atoms with E-state index in [0.29, 0.717) is 24.3 Å². The van der Waals surface area contributed by atoms with Crippen LogP contribution < -0.4 is 5.73 Å². The number of nitrogen functional groups attached to an aromatic ring is 1. The predicted octanol–water partition coefficient (Wildman–Crippen LogP) is 1.93. The molecule has 26 heavy (non-hydrogen) atoms. The summed E-state index contributed by atoms with van der Waals surface area (Å²) in [5.74, 6) is 0.464. The minimum atomic E-state index is -0.454. The standard InChI is InChI=1S/C17H26N4O4S/c1-12-5-6-14(16(18)19-12)9-21(10-23)13(2)15(7-8-22)26-11-25-17(24)20(3)4/h5-6,10,22H,7-9,11H2,1-4H3,(H2,18,19). The van der Waals surface area contributed by atoms with E-state index in [1.165, 1.54) is 21.6 Å². The Morgan fingerprint density at radius 1 is 1.42 bits per heavy atom. The fraction of sp³-hybridized carbons (Fsp3) is 0.471. The van der Waals surface area contributed by atoms with Gasteiger partial charge in [-0.2, -0.15) is 0 Å². The number of nitrogens with zero attached hydrogens (tertiary/aromatic N) is 3. The van der Waals surface area contributed by atoms with Gasteiger partial charge >= 0.3 is 6.09 Å². The van der Waals surface area contributed by atoms with Crippen LogP contribution in [-0.4, -0.2) is 59.0 Å². The van der Waals surface area contributed by atoms with Crippen molar-refractivity contribution in [2.75, 3.05) is 32.4 Å². The van der Waals surface area contributed by atoms with Gasteiger partial charge in [0, 0.05) is 49.0 Å². The topological polar surface area (TPSA) is 109 Å². The fourth-order valence-corrected chi connectivity index (χ4v) is 2.92. The quantitative estimate of drug-likeness (QED) is 0.496. The van der Waals surface area contributed by atoms with Crippen LogP contribution in [0, 0.1) is 6.92 Å². The number of thioether (sulfide) groups is 1. The predicted molar refractivity (Wildman–Crippen MR) is 102 cm³/mol. The summed E-state index contributed by atoms with van der Waals surface area (Å²) < 4.78 is 5.09. The van der Waals surface area contributed by atoms with Crippen molar-refractivity contribution in [3.8, 4) is 0 Å². The maximum absolute atomic E-state index is 11.6. The second-order valence-electron chi connectivity index (χ2n) is 5.78. The summed E-state index contributed by atoms with van der Waals surface area (Å²) >= 11 is 1.26. The molecule has 9 heteroatoms. The Morgan fingerprint density at radius 3 is 2.65 bits per heavy atom. The van der Waals surface area contributed by atoms with Crippen LogP contribution in [0.25, 0.3) is 0 Å². The average Bonchev–Trinajstić information content (AvgIpc) is 2.59. The highest BCUT2D eigenvalue weighted by molar-refractivity contribution is 8.02. The minimum Gasteiger partial charge on any atom is -0.438 e. The number of carbonyl (C=O) groups excluding carboxylic acids is 2. The van der Waals surface area contributed by atoms with Crippen LogP contribution in [0.2, 0.25) is 0 Å². The normalized spacial score (nSPS) is 11.6.